The molecule has 1 amide bonds. The van der Waals surface area contributed by atoms with Crippen molar-refractivity contribution in [3.8, 4) is 0 Å². The molecule has 0 aromatic carbocycles. The molecule has 2 fully saturated rings. The number of pyridine rings is 1. The van der Waals surface area contributed by atoms with Gasteiger partial charge in [0.2, 0.25) is 0 Å². The highest BCUT2D eigenvalue weighted by Crippen LogP contribution is 2.19. The number of amides is 1. The number of carbonyl (C=O) groups is 1. The van der Waals surface area contributed by atoms with Crippen LogP contribution in [0.15, 0.2) is 18.3 Å². The van der Waals surface area contributed by atoms with Gasteiger partial charge in [0.25, 0.3) is 5.91 Å². The van der Waals surface area contributed by atoms with Gasteiger partial charge in [0.1, 0.15) is 5.69 Å². The Hall–Kier alpha value is -1.25. The largest absolute Gasteiger partial charge is 0.380 e. The van der Waals surface area contributed by atoms with E-state index < -0.39 is 0 Å². The van der Waals surface area contributed by atoms with Crippen LogP contribution in [0.5, 0.6) is 0 Å². The molecule has 3 rings (SSSR count). The number of nitrogens with one attached hydrogen (secondary N) is 1. The lowest BCUT2D eigenvalue weighted by molar-refractivity contribution is 0.00679. The zero-order chi connectivity index (χ0) is 19.1. The van der Waals surface area contributed by atoms with E-state index in [2.05, 4.69) is 27.1 Å². The highest BCUT2D eigenvalue weighted by atomic mass is 35.5. The molecule has 2 aliphatic heterocycles. The molecule has 0 spiro atoms. The van der Waals surface area contributed by atoms with E-state index in [1.165, 1.54) is 0 Å². The highest BCUT2D eigenvalue weighted by molar-refractivity contribution is 6.33. The Bertz CT molecular complexity index is 612. The lowest BCUT2D eigenvalue weighted by atomic mass is 9.93. The van der Waals surface area contributed by atoms with Gasteiger partial charge in [-0.15, -0.1) is 0 Å². The first-order valence-corrected chi connectivity index (χ1v) is 9.99. The number of carbonyl (C=O) groups excluding carboxylic acids is 1. The van der Waals surface area contributed by atoms with Gasteiger partial charge in [0.15, 0.2) is 0 Å². The molecule has 0 radical (unpaired) electrons. The molecule has 27 heavy (non-hydrogen) atoms. The van der Waals surface area contributed by atoms with Gasteiger partial charge in [0, 0.05) is 44.3 Å². The molecule has 1 N–H and O–H groups in total. The van der Waals surface area contributed by atoms with E-state index in [1.54, 1.807) is 18.3 Å². The fourth-order valence-electron chi connectivity index (χ4n) is 3.62. The Labute approximate surface area is 166 Å². The first-order chi connectivity index (χ1) is 13.1. The Morgan fingerprint density at radius 3 is 3.00 bits per heavy atom. The van der Waals surface area contributed by atoms with Crippen molar-refractivity contribution in [2.45, 2.75) is 12.5 Å². The van der Waals surface area contributed by atoms with Gasteiger partial charge in [-0.2, -0.15) is 0 Å². The maximum absolute atomic E-state index is 12.6. The van der Waals surface area contributed by atoms with Crippen molar-refractivity contribution in [3.63, 3.8) is 0 Å². The smallest absolute Gasteiger partial charge is 0.271 e. The number of likely N-dealkylation sites (tertiary alicyclic amines) is 1. The lowest BCUT2D eigenvalue weighted by Gasteiger charge is -2.37. The molecule has 1 aromatic rings. The van der Waals surface area contributed by atoms with E-state index in [0.717, 1.165) is 52.4 Å². The zero-order valence-corrected chi connectivity index (χ0v) is 16.7. The minimum absolute atomic E-state index is 0.0650. The lowest BCUT2D eigenvalue weighted by Crippen LogP contribution is -2.51. The van der Waals surface area contributed by atoms with Crippen molar-refractivity contribution < 1.29 is 14.3 Å². The fraction of sp³-hybridized carbons (Fsp3) is 0.684. The second-order valence-corrected chi connectivity index (χ2v) is 7.66. The molecule has 2 atom stereocenters. The van der Waals surface area contributed by atoms with E-state index in [4.69, 9.17) is 21.1 Å². The maximum atomic E-state index is 12.6. The van der Waals surface area contributed by atoms with E-state index in [0.29, 0.717) is 18.2 Å². The van der Waals surface area contributed by atoms with Crippen LogP contribution < -0.4 is 5.32 Å². The second-order valence-electron chi connectivity index (χ2n) is 7.25. The minimum Gasteiger partial charge on any atom is -0.380 e. The molecular weight excluding hydrogens is 368 g/mol. The number of piperidine rings is 1. The van der Waals surface area contributed by atoms with Gasteiger partial charge in [-0.25, -0.2) is 4.98 Å². The molecular formula is C19H29ClN4O3. The summed E-state index contributed by atoms with van der Waals surface area (Å²) in [5.74, 6) is 0.0355. The van der Waals surface area contributed by atoms with Crippen molar-refractivity contribution in [2.24, 2.45) is 5.92 Å². The van der Waals surface area contributed by atoms with Crippen molar-refractivity contribution in [1.29, 1.82) is 0 Å². The van der Waals surface area contributed by atoms with Crippen LogP contribution >= 0.6 is 11.6 Å². The maximum Gasteiger partial charge on any atom is 0.271 e. The van der Waals surface area contributed by atoms with Gasteiger partial charge in [-0.05, 0) is 32.1 Å². The number of halogens is 1. The molecule has 7 nitrogen and oxygen atoms in total. The van der Waals surface area contributed by atoms with Gasteiger partial charge in [0.05, 0.1) is 31.5 Å². The number of rotatable bonds is 7. The average Bonchev–Trinajstić information content (AvgIpc) is 2.68. The fourth-order valence-corrected chi connectivity index (χ4v) is 3.82. The Kier molecular flexibility index (Phi) is 7.84. The van der Waals surface area contributed by atoms with E-state index in [-0.39, 0.29) is 23.6 Å². The first-order valence-electron chi connectivity index (χ1n) is 9.61. The molecule has 2 unspecified atom stereocenters. The Balaban J connectivity index is 1.48. The molecule has 2 aliphatic rings. The predicted octanol–water partition coefficient (Wildman–Crippen LogP) is 1.13. The van der Waals surface area contributed by atoms with Gasteiger partial charge < -0.3 is 19.7 Å². The number of morpholine rings is 1. The third kappa shape index (κ3) is 6.12. The normalized spacial score (nSPS) is 24.7. The summed E-state index contributed by atoms with van der Waals surface area (Å²) in [5.41, 5.74) is 0.282. The van der Waals surface area contributed by atoms with Gasteiger partial charge >= 0.3 is 0 Å². The topological polar surface area (TPSA) is 66.9 Å². The SMILES string of the molecule is CN1CCC(NC(=O)c2ncccc2Cl)C(COCCN2CCOCC2)C1. The van der Waals surface area contributed by atoms with Crippen LogP contribution in [-0.2, 0) is 9.47 Å². The number of nitrogens with zero attached hydrogens (tertiary/aromatic N) is 3. The van der Waals surface area contributed by atoms with Crippen LogP contribution in [-0.4, -0.2) is 92.9 Å². The molecule has 0 bridgehead atoms. The summed E-state index contributed by atoms with van der Waals surface area (Å²) >= 11 is 6.10. The molecule has 0 aliphatic carbocycles. The average molecular weight is 397 g/mol. The minimum atomic E-state index is -0.214. The molecule has 3 heterocycles. The standard InChI is InChI=1S/C19H29ClN4O3/c1-23-6-4-17(22-19(25)18-16(20)3-2-5-21-18)15(13-23)14-27-12-9-24-7-10-26-11-8-24/h2-3,5,15,17H,4,6-14H2,1H3,(H,22,25). The molecule has 1 aromatic heterocycles. The third-order valence-corrected chi connectivity index (χ3v) is 5.52. The predicted molar refractivity (Wildman–Crippen MR) is 104 cm³/mol. The van der Waals surface area contributed by atoms with Crippen molar-refractivity contribution in [2.75, 3.05) is 66.2 Å². The first kappa shape index (κ1) is 20.5. The van der Waals surface area contributed by atoms with Crippen LogP contribution in [0.4, 0.5) is 0 Å². The van der Waals surface area contributed by atoms with E-state index in [1.807, 2.05) is 0 Å². The summed E-state index contributed by atoms with van der Waals surface area (Å²) < 4.78 is 11.3. The summed E-state index contributed by atoms with van der Waals surface area (Å²) in [7, 11) is 2.11. The van der Waals surface area contributed by atoms with Crippen LogP contribution in [0.3, 0.4) is 0 Å². The zero-order valence-electron chi connectivity index (χ0n) is 15.9. The van der Waals surface area contributed by atoms with Crippen LogP contribution in [0.1, 0.15) is 16.9 Å². The number of hydrogen-bond acceptors (Lipinski definition) is 6. The quantitative estimate of drug-likeness (QED) is 0.697. The second kappa shape index (κ2) is 10.3. The molecule has 8 heteroatoms. The molecule has 150 valence electrons. The molecule has 2 saturated heterocycles. The number of aromatic nitrogens is 1. The summed E-state index contributed by atoms with van der Waals surface area (Å²) in [6.07, 6.45) is 2.48. The Morgan fingerprint density at radius 1 is 1.41 bits per heavy atom. The summed E-state index contributed by atoms with van der Waals surface area (Å²) in [4.78, 5) is 21.3. The van der Waals surface area contributed by atoms with Crippen molar-refractivity contribution in [3.05, 3.63) is 29.0 Å². The van der Waals surface area contributed by atoms with Crippen LogP contribution in [0, 0.1) is 5.92 Å². The van der Waals surface area contributed by atoms with E-state index >= 15 is 0 Å². The highest BCUT2D eigenvalue weighted by Gasteiger charge is 2.30. The summed E-state index contributed by atoms with van der Waals surface area (Å²) in [6.45, 7) is 7.66. The monoisotopic (exact) mass is 396 g/mol. The Morgan fingerprint density at radius 2 is 2.22 bits per heavy atom. The van der Waals surface area contributed by atoms with Gasteiger partial charge in [-0.1, -0.05) is 11.6 Å². The number of ether oxygens (including phenoxy) is 2. The molecule has 0 saturated carbocycles. The van der Waals surface area contributed by atoms with Crippen LogP contribution in [0.25, 0.3) is 0 Å². The summed E-state index contributed by atoms with van der Waals surface area (Å²) in [6, 6.07) is 3.47. The van der Waals surface area contributed by atoms with Crippen molar-refractivity contribution in [1.82, 2.24) is 20.1 Å². The van der Waals surface area contributed by atoms with Crippen LogP contribution in [0.2, 0.25) is 5.02 Å². The van der Waals surface area contributed by atoms with Crippen molar-refractivity contribution >= 4 is 17.5 Å². The summed E-state index contributed by atoms with van der Waals surface area (Å²) in [5, 5.41) is 3.49. The third-order valence-electron chi connectivity index (χ3n) is 5.21. The number of hydrogen-bond donors (Lipinski definition) is 1. The van der Waals surface area contributed by atoms with E-state index in [9.17, 15) is 4.79 Å². The van der Waals surface area contributed by atoms with Gasteiger partial charge in [-0.3, -0.25) is 9.69 Å².